The molecule has 0 aromatic carbocycles. The molecule has 1 aliphatic heterocycles. The summed E-state index contributed by atoms with van der Waals surface area (Å²) in [7, 11) is 0. The summed E-state index contributed by atoms with van der Waals surface area (Å²) in [6.45, 7) is 6.59. The molecule has 6 nitrogen and oxygen atoms in total. The number of rotatable bonds is 3. The van der Waals surface area contributed by atoms with Gasteiger partial charge in [-0.15, -0.1) is 0 Å². The van der Waals surface area contributed by atoms with Crippen molar-refractivity contribution in [3.05, 3.63) is 0 Å². The highest BCUT2D eigenvalue weighted by molar-refractivity contribution is 5.09. The van der Waals surface area contributed by atoms with Gasteiger partial charge in [-0.2, -0.15) is 0 Å². The van der Waals surface area contributed by atoms with E-state index >= 15 is 0 Å². The molecule has 0 radical (unpaired) electrons. The van der Waals surface area contributed by atoms with Crippen LogP contribution in [0.25, 0.3) is 0 Å². The Hall–Kier alpha value is -1.17. The lowest BCUT2D eigenvalue weighted by molar-refractivity contribution is 0.178. The molecule has 0 saturated carbocycles. The van der Waals surface area contributed by atoms with Gasteiger partial charge in [0.15, 0.2) is 0 Å². The maximum absolute atomic E-state index is 5.63. The summed E-state index contributed by atoms with van der Waals surface area (Å²) < 4.78 is 1.70. The van der Waals surface area contributed by atoms with Crippen LogP contribution in [0.2, 0.25) is 0 Å². The molecular weight excluding hydrogens is 192 g/mol. The largest absolute Gasteiger partial charge is 0.367 e. The van der Waals surface area contributed by atoms with Gasteiger partial charge in [0.05, 0.1) is 0 Å². The van der Waals surface area contributed by atoms with Gasteiger partial charge in [-0.3, -0.25) is 0 Å². The second-order valence-electron chi connectivity index (χ2n) is 4.10. The molecule has 2 N–H and O–H groups in total. The number of nitrogens with zero attached hydrogens (tertiary/aromatic N) is 5. The van der Waals surface area contributed by atoms with Gasteiger partial charge < -0.3 is 10.6 Å². The van der Waals surface area contributed by atoms with Crippen LogP contribution in [0.3, 0.4) is 0 Å². The minimum atomic E-state index is 0.424. The van der Waals surface area contributed by atoms with Gasteiger partial charge in [-0.25, -0.2) is 4.68 Å². The van der Waals surface area contributed by atoms with Crippen LogP contribution in [0.5, 0.6) is 0 Å². The number of likely N-dealkylation sites (tertiary alicyclic amines) is 1. The minimum Gasteiger partial charge on any atom is -0.367 e. The van der Waals surface area contributed by atoms with Crippen molar-refractivity contribution in [2.45, 2.75) is 26.3 Å². The molecule has 0 aliphatic carbocycles. The molecule has 0 spiro atoms. The zero-order valence-corrected chi connectivity index (χ0v) is 9.13. The number of tetrazole rings is 1. The third-order valence-corrected chi connectivity index (χ3v) is 3.15. The van der Waals surface area contributed by atoms with Crippen molar-refractivity contribution in [3.8, 4) is 0 Å². The van der Waals surface area contributed by atoms with E-state index in [1.807, 2.05) is 0 Å². The second kappa shape index (κ2) is 4.57. The lowest BCUT2D eigenvalue weighted by atomic mass is 9.97. The molecule has 1 aromatic rings. The predicted octanol–water partition coefficient (Wildman–Crippen LogP) is -0.0128. The summed E-state index contributed by atoms with van der Waals surface area (Å²) in [5.74, 6) is 1.09. The molecule has 0 bridgehead atoms. The number of anilines is 1. The van der Waals surface area contributed by atoms with Crippen molar-refractivity contribution < 1.29 is 0 Å². The number of hydrogen-bond acceptors (Lipinski definition) is 5. The SMILES string of the molecule is CCN1CCC(Cn2nnnc2N)CC1. The maximum atomic E-state index is 5.63. The fourth-order valence-corrected chi connectivity index (χ4v) is 2.07. The van der Waals surface area contributed by atoms with E-state index in [9.17, 15) is 0 Å². The van der Waals surface area contributed by atoms with Crippen LogP contribution in [-0.4, -0.2) is 44.7 Å². The van der Waals surface area contributed by atoms with Crippen LogP contribution in [-0.2, 0) is 6.54 Å². The van der Waals surface area contributed by atoms with Crippen LogP contribution < -0.4 is 5.73 Å². The van der Waals surface area contributed by atoms with Crippen LogP contribution >= 0.6 is 0 Å². The molecule has 1 saturated heterocycles. The Balaban J connectivity index is 1.85. The maximum Gasteiger partial charge on any atom is 0.240 e. The van der Waals surface area contributed by atoms with Gasteiger partial charge in [0.25, 0.3) is 0 Å². The molecule has 84 valence electrons. The molecular formula is C9H18N6. The first-order valence-electron chi connectivity index (χ1n) is 5.53. The monoisotopic (exact) mass is 210 g/mol. The van der Waals surface area contributed by atoms with Crippen molar-refractivity contribution >= 4 is 5.95 Å². The van der Waals surface area contributed by atoms with Gasteiger partial charge in [0.1, 0.15) is 0 Å². The van der Waals surface area contributed by atoms with Crippen molar-refractivity contribution in [2.24, 2.45) is 5.92 Å². The average molecular weight is 210 g/mol. The highest BCUT2D eigenvalue weighted by Crippen LogP contribution is 2.18. The standard InChI is InChI=1S/C9H18N6/c1-2-14-5-3-8(4-6-14)7-15-9(10)11-12-13-15/h8H,2-7H2,1H3,(H2,10,11,13). The van der Waals surface area contributed by atoms with E-state index in [1.165, 1.54) is 25.9 Å². The molecule has 1 aromatic heterocycles. The molecule has 1 fully saturated rings. The highest BCUT2D eigenvalue weighted by Gasteiger charge is 2.19. The fraction of sp³-hybridized carbons (Fsp3) is 0.889. The van der Waals surface area contributed by atoms with Gasteiger partial charge in [-0.1, -0.05) is 12.0 Å². The van der Waals surface area contributed by atoms with Crippen molar-refractivity contribution in [2.75, 3.05) is 25.4 Å². The van der Waals surface area contributed by atoms with Crippen molar-refractivity contribution in [1.82, 2.24) is 25.1 Å². The Morgan fingerprint density at radius 3 is 2.67 bits per heavy atom. The van der Waals surface area contributed by atoms with Crippen LogP contribution in [0.1, 0.15) is 19.8 Å². The summed E-state index contributed by atoms with van der Waals surface area (Å²) in [6.07, 6.45) is 2.43. The van der Waals surface area contributed by atoms with E-state index in [4.69, 9.17) is 5.73 Å². The van der Waals surface area contributed by atoms with Gasteiger partial charge in [0, 0.05) is 6.54 Å². The molecule has 1 aliphatic rings. The quantitative estimate of drug-likeness (QED) is 0.759. The van der Waals surface area contributed by atoms with Gasteiger partial charge in [0.2, 0.25) is 5.95 Å². The molecule has 6 heteroatoms. The fourth-order valence-electron chi connectivity index (χ4n) is 2.07. The first-order valence-corrected chi connectivity index (χ1v) is 5.53. The molecule has 0 atom stereocenters. The number of nitrogen functional groups attached to an aromatic ring is 1. The predicted molar refractivity (Wildman–Crippen MR) is 57.1 cm³/mol. The van der Waals surface area contributed by atoms with E-state index in [0.717, 1.165) is 13.1 Å². The van der Waals surface area contributed by atoms with Crippen molar-refractivity contribution in [1.29, 1.82) is 0 Å². The number of aromatic nitrogens is 4. The molecule has 0 unspecified atom stereocenters. The summed E-state index contributed by atoms with van der Waals surface area (Å²) in [5.41, 5.74) is 5.63. The summed E-state index contributed by atoms with van der Waals surface area (Å²) in [5, 5.41) is 11.1. The van der Waals surface area contributed by atoms with E-state index in [0.29, 0.717) is 11.9 Å². The highest BCUT2D eigenvalue weighted by atomic mass is 15.6. The Kier molecular flexibility index (Phi) is 3.15. The second-order valence-corrected chi connectivity index (χ2v) is 4.10. The van der Waals surface area contributed by atoms with Crippen molar-refractivity contribution in [3.63, 3.8) is 0 Å². The van der Waals surface area contributed by atoms with Gasteiger partial charge >= 0.3 is 0 Å². The lowest BCUT2D eigenvalue weighted by Crippen LogP contribution is -2.35. The minimum absolute atomic E-state index is 0.424. The van der Waals surface area contributed by atoms with Crippen LogP contribution in [0.15, 0.2) is 0 Å². The molecule has 0 amide bonds. The number of nitrogens with two attached hydrogens (primary N) is 1. The lowest BCUT2D eigenvalue weighted by Gasteiger charge is -2.30. The van der Waals surface area contributed by atoms with E-state index in [-0.39, 0.29) is 0 Å². The molecule has 15 heavy (non-hydrogen) atoms. The zero-order chi connectivity index (χ0) is 10.7. The summed E-state index contributed by atoms with van der Waals surface area (Å²) in [6, 6.07) is 0. The Labute approximate surface area is 89.4 Å². The molecule has 2 rings (SSSR count). The Bertz CT molecular complexity index is 301. The smallest absolute Gasteiger partial charge is 0.240 e. The average Bonchev–Trinajstić information content (AvgIpc) is 2.66. The molecule has 2 heterocycles. The third-order valence-electron chi connectivity index (χ3n) is 3.15. The number of hydrogen-bond donors (Lipinski definition) is 1. The number of piperidine rings is 1. The summed E-state index contributed by atoms with van der Waals surface area (Å²) >= 11 is 0. The van der Waals surface area contributed by atoms with Gasteiger partial charge in [-0.05, 0) is 48.8 Å². The first-order chi connectivity index (χ1) is 7.29. The van der Waals surface area contributed by atoms with Crippen LogP contribution in [0, 0.1) is 5.92 Å². The zero-order valence-electron chi connectivity index (χ0n) is 9.13. The normalized spacial score (nSPS) is 19.5. The topological polar surface area (TPSA) is 72.9 Å². The van der Waals surface area contributed by atoms with Crippen LogP contribution in [0.4, 0.5) is 5.95 Å². The van der Waals surface area contributed by atoms with E-state index in [2.05, 4.69) is 27.3 Å². The Morgan fingerprint density at radius 2 is 2.13 bits per heavy atom. The first kappa shape index (κ1) is 10.4. The van der Waals surface area contributed by atoms with E-state index in [1.54, 1.807) is 4.68 Å². The third kappa shape index (κ3) is 2.44. The Morgan fingerprint density at radius 1 is 1.40 bits per heavy atom. The summed E-state index contributed by atoms with van der Waals surface area (Å²) in [4.78, 5) is 2.47. The van der Waals surface area contributed by atoms with E-state index < -0.39 is 0 Å².